The van der Waals surface area contributed by atoms with Gasteiger partial charge in [0.25, 0.3) is 0 Å². The molecule has 2 nitrogen and oxygen atoms in total. The van der Waals surface area contributed by atoms with Crippen molar-refractivity contribution >= 4 is 84.0 Å². The molecular formula is C16H12Br2Cl4O2. The van der Waals surface area contributed by atoms with Gasteiger partial charge in [0.2, 0.25) is 0 Å². The van der Waals surface area contributed by atoms with Crippen LogP contribution in [0.25, 0.3) is 0 Å². The fourth-order valence-electron chi connectivity index (χ4n) is 1.56. The SMILES string of the molecule is O=C(CBr)c1ccc(Cl)c(Cl)c1.OC(CBr)c1ccc(Cl)c(Cl)c1. The Labute approximate surface area is 177 Å². The van der Waals surface area contributed by atoms with Gasteiger partial charge in [-0.15, -0.1) is 0 Å². The Hall–Kier alpha value is 0.190. The van der Waals surface area contributed by atoms with E-state index in [2.05, 4.69) is 31.9 Å². The van der Waals surface area contributed by atoms with Crippen LogP contribution in [0.3, 0.4) is 0 Å². The summed E-state index contributed by atoms with van der Waals surface area (Å²) in [6.45, 7) is 0. The smallest absolute Gasteiger partial charge is 0.173 e. The number of halogens is 6. The number of aliphatic hydroxyl groups excluding tert-OH is 1. The number of benzene rings is 2. The average molecular weight is 538 g/mol. The van der Waals surface area contributed by atoms with Crippen molar-refractivity contribution in [2.24, 2.45) is 0 Å². The molecule has 24 heavy (non-hydrogen) atoms. The first kappa shape index (κ1) is 22.2. The van der Waals surface area contributed by atoms with Crippen LogP contribution in [0.5, 0.6) is 0 Å². The van der Waals surface area contributed by atoms with Crippen molar-refractivity contribution in [1.82, 2.24) is 0 Å². The van der Waals surface area contributed by atoms with Crippen molar-refractivity contribution in [1.29, 1.82) is 0 Å². The van der Waals surface area contributed by atoms with E-state index in [1.54, 1.807) is 36.4 Å². The maximum atomic E-state index is 11.1. The van der Waals surface area contributed by atoms with Gasteiger partial charge < -0.3 is 5.11 Å². The molecule has 1 unspecified atom stereocenters. The highest BCUT2D eigenvalue weighted by Crippen LogP contribution is 2.26. The van der Waals surface area contributed by atoms with E-state index in [1.807, 2.05) is 0 Å². The maximum Gasteiger partial charge on any atom is 0.173 e. The second-order valence-corrected chi connectivity index (χ2v) is 7.37. The van der Waals surface area contributed by atoms with E-state index in [-0.39, 0.29) is 5.78 Å². The van der Waals surface area contributed by atoms with Gasteiger partial charge in [0, 0.05) is 10.9 Å². The van der Waals surface area contributed by atoms with E-state index in [4.69, 9.17) is 46.4 Å². The van der Waals surface area contributed by atoms with E-state index in [9.17, 15) is 9.90 Å². The van der Waals surface area contributed by atoms with E-state index >= 15 is 0 Å². The summed E-state index contributed by atoms with van der Waals surface area (Å²) in [4.78, 5) is 11.1. The van der Waals surface area contributed by atoms with Crippen molar-refractivity contribution in [2.45, 2.75) is 6.10 Å². The molecule has 0 aliphatic rings. The summed E-state index contributed by atoms with van der Waals surface area (Å²) in [6.07, 6.45) is -0.528. The second kappa shape index (κ2) is 11.0. The minimum absolute atomic E-state index is 0.00596. The third-order valence-corrected chi connectivity index (χ3v) is 5.44. The highest BCUT2D eigenvalue weighted by atomic mass is 79.9. The fraction of sp³-hybridized carbons (Fsp3) is 0.188. The van der Waals surface area contributed by atoms with Gasteiger partial charge in [-0.05, 0) is 35.9 Å². The Bertz CT molecular complexity index is 710. The number of aliphatic hydroxyl groups is 1. The van der Waals surface area contributed by atoms with Crippen LogP contribution in [0, 0.1) is 0 Å². The predicted molar refractivity (Wildman–Crippen MR) is 110 cm³/mol. The largest absolute Gasteiger partial charge is 0.388 e. The van der Waals surface area contributed by atoms with Crippen molar-refractivity contribution in [2.75, 3.05) is 10.7 Å². The lowest BCUT2D eigenvalue weighted by Crippen LogP contribution is -1.98. The molecule has 0 aliphatic heterocycles. The van der Waals surface area contributed by atoms with Crippen LogP contribution in [0.1, 0.15) is 22.0 Å². The zero-order valence-electron chi connectivity index (χ0n) is 12.1. The van der Waals surface area contributed by atoms with Crippen LogP contribution in [-0.4, -0.2) is 21.5 Å². The molecule has 2 aromatic rings. The zero-order chi connectivity index (χ0) is 18.3. The molecule has 8 heteroatoms. The Morgan fingerprint density at radius 3 is 1.92 bits per heavy atom. The molecule has 0 heterocycles. The molecule has 0 fully saturated rings. The second-order valence-electron chi connectivity index (χ2n) is 4.53. The van der Waals surface area contributed by atoms with E-state index in [0.717, 1.165) is 5.56 Å². The molecule has 1 N–H and O–H groups in total. The van der Waals surface area contributed by atoms with Gasteiger partial charge in [0.1, 0.15) is 0 Å². The van der Waals surface area contributed by atoms with Gasteiger partial charge in [-0.25, -0.2) is 0 Å². The number of carbonyl (C=O) groups excluding carboxylic acids is 1. The van der Waals surface area contributed by atoms with Crippen LogP contribution >= 0.6 is 78.3 Å². The number of carbonyl (C=O) groups is 1. The van der Waals surface area contributed by atoms with Gasteiger partial charge in [-0.2, -0.15) is 0 Å². The molecule has 2 rings (SSSR count). The Morgan fingerprint density at radius 1 is 0.917 bits per heavy atom. The highest BCUT2D eigenvalue weighted by Gasteiger charge is 2.07. The first-order valence-electron chi connectivity index (χ1n) is 6.53. The Balaban J connectivity index is 0.000000240. The highest BCUT2D eigenvalue weighted by molar-refractivity contribution is 9.09. The minimum atomic E-state index is -0.528. The molecule has 0 spiro atoms. The van der Waals surface area contributed by atoms with Crippen LogP contribution in [0.4, 0.5) is 0 Å². The summed E-state index contributed by atoms with van der Waals surface area (Å²) in [5.41, 5.74) is 1.34. The molecule has 0 radical (unpaired) electrons. The minimum Gasteiger partial charge on any atom is -0.388 e. The molecule has 0 amide bonds. The first-order chi connectivity index (χ1) is 11.3. The molecular weight excluding hydrogens is 526 g/mol. The summed E-state index contributed by atoms with van der Waals surface area (Å²) >= 11 is 29.1. The number of hydrogen-bond acceptors (Lipinski definition) is 2. The van der Waals surface area contributed by atoms with Crippen molar-refractivity contribution in [3.05, 3.63) is 67.6 Å². The topological polar surface area (TPSA) is 37.3 Å². The number of Topliss-reactive ketones (excluding diaryl/α,β-unsaturated/α-hetero) is 1. The average Bonchev–Trinajstić information content (AvgIpc) is 2.58. The molecule has 2 aromatic carbocycles. The number of rotatable bonds is 4. The molecule has 130 valence electrons. The number of ketones is 1. The summed E-state index contributed by atoms with van der Waals surface area (Å²) in [5.74, 6) is -0.00596. The fourth-order valence-corrected chi connectivity index (χ4v) is 2.86. The van der Waals surface area contributed by atoms with Crippen molar-refractivity contribution in [3.63, 3.8) is 0 Å². The number of hydrogen-bond donors (Lipinski definition) is 1. The standard InChI is InChI=1S/C8H7BrCl2O.C8H5BrCl2O/c2*9-4-8(12)5-1-2-6(10)7(11)3-5/h1-3,8,12H,4H2;1-3H,4H2. The van der Waals surface area contributed by atoms with Crippen LogP contribution in [0.2, 0.25) is 20.1 Å². The van der Waals surface area contributed by atoms with E-state index < -0.39 is 6.10 Å². The Morgan fingerprint density at radius 2 is 1.46 bits per heavy atom. The summed E-state index contributed by atoms with van der Waals surface area (Å²) in [6, 6.07) is 9.91. The summed E-state index contributed by atoms with van der Waals surface area (Å²) in [5, 5.41) is 12.0. The normalized spacial score (nSPS) is 11.5. The maximum absolute atomic E-state index is 11.1. The van der Waals surface area contributed by atoms with Gasteiger partial charge in [-0.1, -0.05) is 84.3 Å². The monoisotopic (exact) mass is 534 g/mol. The van der Waals surface area contributed by atoms with Crippen LogP contribution < -0.4 is 0 Å². The lowest BCUT2D eigenvalue weighted by atomic mass is 10.1. The van der Waals surface area contributed by atoms with E-state index in [1.165, 1.54) is 0 Å². The molecule has 1 atom stereocenters. The predicted octanol–water partition coefficient (Wildman–Crippen LogP) is 6.99. The van der Waals surface area contributed by atoms with Crippen molar-refractivity contribution < 1.29 is 9.90 Å². The molecule has 0 aliphatic carbocycles. The molecule has 0 saturated heterocycles. The molecule has 0 bridgehead atoms. The molecule has 0 aromatic heterocycles. The summed E-state index contributed by atoms with van der Waals surface area (Å²) < 4.78 is 0. The lowest BCUT2D eigenvalue weighted by molar-refractivity contribution is 0.102. The lowest BCUT2D eigenvalue weighted by Gasteiger charge is -2.07. The van der Waals surface area contributed by atoms with Crippen LogP contribution in [-0.2, 0) is 0 Å². The summed E-state index contributed by atoms with van der Waals surface area (Å²) in [7, 11) is 0. The van der Waals surface area contributed by atoms with Crippen molar-refractivity contribution in [3.8, 4) is 0 Å². The Kier molecular flexibility index (Phi) is 10.2. The zero-order valence-corrected chi connectivity index (χ0v) is 18.3. The quantitative estimate of drug-likeness (QED) is 0.337. The van der Waals surface area contributed by atoms with Gasteiger partial charge in [0.15, 0.2) is 5.78 Å². The van der Waals surface area contributed by atoms with Gasteiger partial charge in [0.05, 0.1) is 31.5 Å². The van der Waals surface area contributed by atoms with Gasteiger partial charge in [-0.3, -0.25) is 4.79 Å². The molecule has 0 saturated carbocycles. The third kappa shape index (κ3) is 6.83. The number of alkyl halides is 2. The first-order valence-corrected chi connectivity index (χ1v) is 10.3. The van der Waals surface area contributed by atoms with E-state index in [0.29, 0.717) is 36.3 Å². The van der Waals surface area contributed by atoms with Crippen LogP contribution in [0.15, 0.2) is 36.4 Å². The van der Waals surface area contributed by atoms with Gasteiger partial charge >= 0.3 is 0 Å². The third-order valence-electron chi connectivity index (χ3n) is 2.84.